The fraction of sp³-hybridized carbons (Fsp3) is 0.286. The number of hydrogen-bond acceptors (Lipinski definition) is 2. The first-order valence-corrected chi connectivity index (χ1v) is 5.74. The Morgan fingerprint density at radius 3 is 2.65 bits per heavy atom. The van der Waals surface area contributed by atoms with Crippen LogP contribution in [0.15, 0.2) is 47.3 Å². The zero-order valence-electron chi connectivity index (χ0n) is 9.60. The quantitative estimate of drug-likeness (QED) is 0.862. The normalized spacial score (nSPS) is 12.6. The van der Waals surface area contributed by atoms with Crippen LogP contribution in [-0.4, -0.2) is 6.54 Å². The molecule has 1 heterocycles. The van der Waals surface area contributed by atoms with Crippen LogP contribution in [0.5, 0.6) is 0 Å². The van der Waals surface area contributed by atoms with Crippen LogP contribution < -0.4 is 5.73 Å². The fourth-order valence-electron chi connectivity index (χ4n) is 1.96. The van der Waals surface area contributed by atoms with Crippen LogP contribution in [0.25, 0.3) is 0 Å². The Labute approximate surface area is 100 Å². The molecule has 1 atom stereocenters. The molecular formula is C14H16FNO. The number of hydrogen-bond donors (Lipinski definition) is 1. The highest BCUT2D eigenvalue weighted by molar-refractivity contribution is 5.18. The van der Waals surface area contributed by atoms with Crippen LogP contribution in [0.1, 0.15) is 11.1 Å². The molecule has 1 unspecified atom stereocenters. The van der Waals surface area contributed by atoms with Crippen molar-refractivity contribution in [1.82, 2.24) is 0 Å². The molecule has 90 valence electrons. The van der Waals surface area contributed by atoms with E-state index in [0.29, 0.717) is 13.0 Å². The smallest absolute Gasteiger partial charge is 0.126 e. The van der Waals surface area contributed by atoms with Gasteiger partial charge in [-0.3, -0.25) is 0 Å². The summed E-state index contributed by atoms with van der Waals surface area (Å²) < 4.78 is 18.5. The minimum Gasteiger partial charge on any atom is -0.472 e. The Morgan fingerprint density at radius 1 is 1.18 bits per heavy atom. The predicted molar refractivity (Wildman–Crippen MR) is 65.1 cm³/mol. The summed E-state index contributed by atoms with van der Waals surface area (Å²) in [5.74, 6) is 0.0858. The molecule has 2 aromatic rings. The molecule has 2 N–H and O–H groups in total. The van der Waals surface area contributed by atoms with E-state index in [1.165, 1.54) is 6.07 Å². The minimum absolute atomic E-state index is 0.154. The monoisotopic (exact) mass is 233 g/mol. The number of halogens is 1. The highest BCUT2D eigenvalue weighted by Gasteiger charge is 2.12. The van der Waals surface area contributed by atoms with Crippen molar-refractivity contribution in [3.8, 4) is 0 Å². The van der Waals surface area contributed by atoms with E-state index in [2.05, 4.69) is 0 Å². The lowest BCUT2D eigenvalue weighted by molar-refractivity contribution is 0.505. The SMILES string of the molecule is NCC(Cc1ccoc1)Cc1ccccc1F. The predicted octanol–water partition coefficient (Wildman–Crippen LogP) is 2.78. The van der Waals surface area contributed by atoms with Gasteiger partial charge in [-0.2, -0.15) is 0 Å². The van der Waals surface area contributed by atoms with Crippen molar-refractivity contribution in [1.29, 1.82) is 0 Å². The van der Waals surface area contributed by atoms with Gasteiger partial charge in [0.05, 0.1) is 12.5 Å². The fourth-order valence-corrected chi connectivity index (χ4v) is 1.96. The van der Waals surface area contributed by atoms with Crippen molar-refractivity contribution in [2.75, 3.05) is 6.54 Å². The van der Waals surface area contributed by atoms with Crippen molar-refractivity contribution in [2.45, 2.75) is 12.8 Å². The first-order valence-electron chi connectivity index (χ1n) is 5.74. The summed E-state index contributed by atoms with van der Waals surface area (Å²) in [7, 11) is 0. The van der Waals surface area contributed by atoms with Gasteiger partial charge < -0.3 is 10.2 Å². The van der Waals surface area contributed by atoms with Crippen LogP contribution in [0.4, 0.5) is 4.39 Å². The first kappa shape index (κ1) is 11.9. The summed E-state index contributed by atoms with van der Waals surface area (Å²) in [5.41, 5.74) is 7.57. The van der Waals surface area contributed by atoms with Gasteiger partial charge in [0.15, 0.2) is 0 Å². The van der Waals surface area contributed by atoms with Gasteiger partial charge in [0, 0.05) is 0 Å². The Kier molecular flexibility index (Phi) is 3.94. The molecular weight excluding hydrogens is 217 g/mol. The summed E-state index contributed by atoms with van der Waals surface area (Å²) in [6.45, 7) is 0.541. The van der Waals surface area contributed by atoms with E-state index < -0.39 is 0 Å². The molecule has 0 aliphatic heterocycles. The highest BCUT2D eigenvalue weighted by Crippen LogP contribution is 2.16. The van der Waals surface area contributed by atoms with Gasteiger partial charge in [-0.1, -0.05) is 18.2 Å². The minimum atomic E-state index is -0.154. The lowest BCUT2D eigenvalue weighted by Gasteiger charge is -2.14. The molecule has 0 fully saturated rings. The van der Waals surface area contributed by atoms with Gasteiger partial charge in [0.25, 0.3) is 0 Å². The van der Waals surface area contributed by atoms with Crippen LogP contribution in [-0.2, 0) is 12.8 Å². The lowest BCUT2D eigenvalue weighted by atomic mass is 9.93. The van der Waals surface area contributed by atoms with Gasteiger partial charge >= 0.3 is 0 Å². The molecule has 0 saturated heterocycles. The Balaban J connectivity index is 2.03. The van der Waals surface area contributed by atoms with Crippen molar-refractivity contribution >= 4 is 0 Å². The Morgan fingerprint density at radius 2 is 2.00 bits per heavy atom. The van der Waals surface area contributed by atoms with Gasteiger partial charge in [0.1, 0.15) is 5.82 Å². The standard InChI is InChI=1S/C14H16FNO/c15-14-4-2-1-3-13(14)8-12(9-16)7-11-5-6-17-10-11/h1-6,10,12H,7-9,16H2. The second-order valence-corrected chi connectivity index (χ2v) is 4.23. The van der Waals surface area contributed by atoms with E-state index in [0.717, 1.165) is 17.5 Å². The molecule has 1 aromatic carbocycles. The molecule has 0 spiro atoms. The maximum absolute atomic E-state index is 13.5. The molecule has 3 heteroatoms. The largest absolute Gasteiger partial charge is 0.472 e. The summed E-state index contributed by atoms with van der Waals surface area (Å²) in [5, 5.41) is 0. The Hall–Kier alpha value is -1.61. The molecule has 2 rings (SSSR count). The summed E-state index contributed by atoms with van der Waals surface area (Å²) >= 11 is 0. The van der Waals surface area contributed by atoms with Crippen LogP contribution >= 0.6 is 0 Å². The average molecular weight is 233 g/mol. The molecule has 0 radical (unpaired) electrons. The van der Waals surface area contributed by atoms with E-state index in [-0.39, 0.29) is 11.7 Å². The maximum atomic E-state index is 13.5. The third-order valence-electron chi connectivity index (χ3n) is 2.90. The van der Waals surface area contributed by atoms with Crippen LogP contribution in [0.3, 0.4) is 0 Å². The van der Waals surface area contributed by atoms with Crippen LogP contribution in [0, 0.1) is 11.7 Å². The summed E-state index contributed by atoms with van der Waals surface area (Å²) in [6.07, 6.45) is 4.84. The van der Waals surface area contributed by atoms with E-state index in [4.69, 9.17) is 10.2 Å². The highest BCUT2D eigenvalue weighted by atomic mass is 19.1. The third kappa shape index (κ3) is 3.17. The first-order chi connectivity index (χ1) is 8.29. The zero-order chi connectivity index (χ0) is 12.1. The van der Waals surface area contributed by atoms with Crippen LogP contribution in [0.2, 0.25) is 0 Å². The summed E-state index contributed by atoms with van der Waals surface area (Å²) in [4.78, 5) is 0. The Bertz CT molecular complexity index is 453. The molecule has 1 aromatic heterocycles. The van der Waals surface area contributed by atoms with E-state index in [1.807, 2.05) is 18.2 Å². The number of benzene rings is 1. The second-order valence-electron chi connectivity index (χ2n) is 4.23. The van der Waals surface area contributed by atoms with Gasteiger partial charge in [-0.05, 0) is 48.6 Å². The van der Waals surface area contributed by atoms with E-state index in [1.54, 1.807) is 18.6 Å². The average Bonchev–Trinajstić information content (AvgIpc) is 2.84. The van der Waals surface area contributed by atoms with Crippen molar-refractivity contribution < 1.29 is 8.81 Å². The third-order valence-corrected chi connectivity index (χ3v) is 2.90. The molecule has 17 heavy (non-hydrogen) atoms. The molecule has 0 aliphatic carbocycles. The summed E-state index contributed by atoms with van der Waals surface area (Å²) in [6, 6.07) is 8.77. The lowest BCUT2D eigenvalue weighted by Crippen LogP contribution is -2.19. The topological polar surface area (TPSA) is 39.2 Å². The zero-order valence-corrected chi connectivity index (χ0v) is 9.60. The van der Waals surface area contributed by atoms with Crippen molar-refractivity contribution in [3.63, 3.8) is 0 Å². The number of nitrogens with two attached hydrogens (primary N) is 1. The maximum Gasteiger partial charge on any atom is 0.126 e. The number of furan rings is 1. The van der Waals surface area contributed by atoms with Gasteiger partial charge in [0.2, 0.25) is 0 Å². The molecule has 0 bridgehead atoms. The molecule has 0 amide bonds. The van der Waals surface area contributed by atoms with Crippen molar-refractivity contribution in [3.05, 3.63) is 59.8 Å². The van der Waals surface area contributed by atoms with Crippen molar-refractivity contribution in [2.24, 2.45) is 11.7 Å². The molecule has 0 aliphatic rings. The van der Waals surface area contributed by atoms with E-state index >= 15 is 0 Å². The van der Waals surface area contributed by atoms with Gasteiger partial charge in [-0.15, -0.1) is 0 Å². The molecule has 0 saturated carbocycles. The second kappa shape index (κ2) is 5.64. The molecule has 2 nitrogen and oxygen atoms in total. The number of rotatable bonds is 5. The van der Waals surface area contributed by atoms with Gasteiger partial charge in [-0.25, -0.2) is 4.39 Å². The van der Waals surface area contributed by atoms with E-state index in [9.17, 15) is 4.39 Å².